The maximum atomic E-state index is 11.0. The predicted octanol–water partition coefficient (Wildman–Crippen LogP) is 5.02. The van der Waals surface area contributed by atoms with Crippen LogP contribution in [0.4, 0.5) is 4.79 Å². The first-order chi connectivity index (χ1) is 11.5. The Hall–Kier alpha value is -1.37. The number of hydrogen-bond acceptors (Lipinski definition) is 3. The fourth-order valence-electron chi connectivity index (χ4n) is 2.32. The van der Waals surface area contributed by atoms with Gasteiger partial charge in [-0.15, -0.1) is 0 Å². The Morgan fingerprint density at radius 3 is 2.60 bits per heavy atom. The molecular formula is C18H27ClN2O3Si. The average molecular weight is 383 g/mol. The van der Waals surface area contributed by atoms with Crippen LogP contribution in [0.5, 0.6) is 0 Å². The summed E-state index contributed by atoms with van der Waals surface area (Å²) in [4.78, 5) is 16.8. The first kappa shape index (κ1) is 19.9. The molecular weight excluding hydrogens is 356 g/mol. The number of carboxylic acid groups (broad SMARTS) is 1. The second kappa shape index (κ2) is 7.48. The fourth-order valence-corrected chi connectivity index (χ4v) is 3.47. The number of amides is 1. The molecule has 0 unspecified atom stereocenters. The topological polar surface area (TPSA) is 62.7 Å². The van der Waals surface area contributed by atoms with E-state index in [1.165, 1.54) is 4.90 Å². The van der Waals surface area contributed by atoms with E-state index >= 15 is 0 Å². The van der Waals surface area contributed by atoms with Gasteiger partial charge in [0.25, 0.3) is 0 Å². The smallest absolute Gasteiger partial charge is 0.407 e. The van der Waals surface area contributed by atoms with Crippen LogP contribution in [0.15, 0.2) is 18.3 Å². The molecule has 2 rings (SSSR count). The molecule has 0 aliphatic carbocycles. The van der Waals surface area contributed by atoms with Crippen LogP contribution in [0.1, 0.15) is 38.4 Å². The van der Waals surface area contributed by atoms with E-state index in [2.05, 4.69) is 38.8 Å². The summed E-state index contributed by atoms with van der Waals surface area (Å²) in [6.07, 6.45) is 3.52. The van der Waals surface area contributed by atoms with Gasteiger partial charge in [-0.05, 0) is 41.8 Å². The van der Waals surface area contributed by atoms with E-state index in [4.69, 9.17) is 21.1 Å². The van der Waals surface area contributed by atoms with Gasteiger partial charge in [-0.3, -0.25) is 4.98 Å². The highest BCUT2D eigenvalue weighted by molar-refractivity contribution is 6.74. The molecule has 1 N–H and O–H groups in total. The van der Waals surface area contributed by atoms with Crippen molar-refractivity contribution in [1.29, 1.82) is 0 Å². The molecule has 0 fully saturated rings. The molecule has 1 aromatic heterocycles. The minimum absolute atomic E-state index is 0.141. The van der Waals surface area contributed by atoms with Gasteiger partial charge in [0, 0.05) is 19.3 Å². The summed E-state index contributed by atoms with van der Waals surface area (Å²) in [7, 11) is -1.85. The third kappa shape index (κ3) is 4.83. The lowest BCUT2D eigenvalue weighted by atomic mass is 10.0. The second-order valence-electron chi connectivity index (χ2n) is 7.91. The summed E-state index contributed by atoms with van der Waals surface area (Å²) < 4.78 is 6.19. The number of carbonyl (C=O) groups is 1. The van der Waals surface area contributed by atoms with E-state index in [9.17, 15) is 4.79 Å². The van der Waals surface area contributed by atoms with Crippen LogP contribution in [0, 0.1) is 0 Å². The SMILES string of the molecule is CC(C)(C)[Si](C)(C)OCc1ncc(C2=CCN(C(=O)O)CC2)cc1Cl. The predicted molar refractivity (Wildman–Crippen MR) is 103 cm³/mol. The molecule has 0 atom stereocenters. The lowest BCUT2D eigenvalue weighted by Crippen LogP contribution is -2.40. The molecule has 0 bridgehead atoms. The summed E-state index contributed by atoms with van der Waals surface area (Å²) in [5, 5.41) is 9.75. The highest BCUT2D eigenvalue weighted by Crippen LogP contribution is 2.37. The quantitative estimate of drug-likeness (QED) is 0.742. The molecule has 1 aliphatic rings. The van der Waals surface area contributed by atoms with E-state index in [0.29, 0.717) is 31.1 Å². The summed E-state index contributed by atoms with van der Waals surface area (Å²) in [5.41, 5.74) is 2.79. The monoisotopic (exact) mass is 382 g/mol. The van der Waals surface area contributed by atoms with E-state index in [1.807, 2.05) is 12.1 Å². The number of hydrogen-bond donors (Lipinski definition) is 1. The van der Waals surface area contributed by atoms with E-state index in [-0.39, 0.29) is 5.04 Å². The van der Waals surface area contributed by atoms with E-state index < -0.39 is 14.4 Å². The zero-order valence-corrected chi connectivity index (χ0v) is 17.4. The van der Waals surface area contributed by atoms with Crippen LogP contribution in [0.2, 0.25) is 23.2 Å². The summed E-state index contributed by atoms with van der Waals surface area (Å²) in [6, 6.07) is 1.90. The van der Waals surface area contributed by atoms with Crippen molar-refractivity contribution in [3.63, 3.8) is 0 Å². The van der Waals surface area contributed by atoms with Crippen molar-refractivity contribution in [1.82, 2.24) is 9.88 Å². The van der Waals surface area contributed by atoms with Crippen molar-refractivity contribution < 1.29 is 14.3 Å². The molecule has 1 aliphatic heterocycles. The number of halogens is 1. The van der Waals surface area contributed by atoms with Gasteiger partial charge in [0.15, 0.2) is 8.32 Å². The molecule has 1 amide bonds. The Morgan fingerprint density at radius 1 is 1.44 bits per heavy atom. The van der Waals surface area contributed by atoms with E-state index in [1.54, 1.807) is 6.20 Å². The number of rotatable bonds is 4. The van der Waals surface area contributed by atoms with Crippen molar-refractivity contribution in [2.24, 2.45) is 0 Å². The van der Waals surface area contributed by atoms with E-state index in [0.717, 1.165) is 16.8 Å². The maximum Gasteiger partial charge on any atom is 0.407 e. The second-order valence-corrected chi connectivity index (χ2v) is 13.1. The Labute approximate surface area is 155 Å². The van der Waals surface area contributed by atoms with Crippen LogP contribution in [0.25, 0.3) is 5.57 Å². The molecule has 138 valence electrons. The van der Waals surface area contributed by atoms with Crippen molar-refractivity contribution >= 4 is 31.6 Å². The van der Waals surface area contributed by atoms with Gasteiger partial charge < -0.3 is 14.4 Å². The average Bonchev–Trinajstić information content (AvgIpc) is 2.52. The molecule has 0 saturated carbocycles. The first-order valence-electron chi connectivity index (χ1n) is 8.47. The van der Waals surface area contributed by atoms with Gasteiger partial charge in [-0.2, -0.15) is 0 Å². The lowest BCUT2D eigenvalue weighted by molar-refractivity contribution is 0.150. The van der Waals surface area contributed by atoms with Gasteiger partial charge >= 0.3 is 6.09 Å². The summed E-state index contributed by atoms with van der Waals surface area (Å²) in [6.45, 7) is 12.3. The highest BCUT2D eigenvalue weighted by atomic mass is 35.5. The molecule has 0 saturated heterocycles. The number of pyridine rings is 1. The van der Waals surface area contributed by atoms with Crippen molar-refractivity contribution in [3.05, 3.63) is 34.6 Å². The highest BCUT2D eigenvalue weighted by Gasteiger charge is 2.37. The minimum atomic E-state index is -1.85. The Kier molecular flexibility index (Phi) is 5.96. The molecule has 5 nitrogen and oxygen atoms in total. The Morgan fingerprint density at radius 2 is 2.12 bits per heavy atom. The largest absolute Gasteiger partial charge is 0.465 e. The van der Waals surface area contributed by atoms with Crippen LogP contribution >= 0.6 is 11.6 Å². The molecule has 0 spiro atoms. The molecule has 2 heterocycles. The summed E-state index contributed by atoms with van der Waals surface area (Å²) >= 11 is 6.41. The van der Waals surface area contributed by atoms with Crippen LogP contribution < -0.4 is 0 Å². The number of aromatic nitrogens is 1. The first-order valence-corrected chi connectivity index (χ1v) is 11.8. The van der Waals surface area contributed by atoms with Crippen LogP contribution in [-0.2, 0) is 11.0 Å². The normalized spacial score (nSPS) is 15.9. The molecule has 25 heavy (non-hydrogen) atoms. The zero-order chi connectivity index (χ0) is 18.8. The van der Waals surface area contributed by atoms with Crippen LogP contribution in [0.3, 0.4) is 0 Å². The van der Waals surface area contributed by atoms with Gasteiger partial charge in [0.05, 0.1) is 17.3 Å². The minimum Gasteiger partial charge on any atom is -0.465 e. The van der Waals surface area contributed by atoms with Gasteiger partial charge in [0.2, 0.25) is 0 Å². The standard InChI is InChI=1S/C18H27ClN2O3Si/c1-18(2,3)25(4,5)24-12-16-15(19)10-14(11-20-16)13-6-8-21(9-7-13)17(22)23/h6,10-11H,7-9,12H2,1-5H3,(H,22,23). The third-order valence-electron chi connectivity index (χ3n) is 5.14. The van der Waals surface area contributed by atoms with Gasteiger partial charge in [-0.1, -0.05) is 38.4 Å². The Bertz CT molecular complexity index is 683. The Balaban J connectivity index is 2.08. The summed E-state index contributed by atoms with van der Waals surface area (Å²) in [5.74, 6) is 0. The van der Waals surface area contributed by atoms with Crippen molar-refractivity contribution in [2.45, 2.75) is 51.9 Å². The third-order valence-corrected chi connectivity index (χ3v) is 9.95. The molecule has 7 heteroatoms. The molecule has 1 aromatic rings. The lowest BCUT2D eigenvalue weighted by Gasteiger charge is -2.36. The van der Waals surface area contributed by atoms with Gasteiger partial charge in [-0.25, -0.2) is 4.79 Å². The van der Waals surface area contributed by atoms with Crippen LogP contribution in [-0.4, -0.2) is 42.5 Å². The molecule has 0 radical (unpaired) electrons. The zero-order valence-electron chi connectivity index (χ0n) is 15.6. The fraction of sp³-hybridized carbons (Fsp3) is 0.556. The maximum absolute atomic E-state index is 11.0. The van der Waals surface area contributed by atoms with Crippen molar-refractivity contribution in [2.75, 3.05) is 13.1 Å². The number of nitrogens with zero attached hydrogens (tertiary/aromatic N) is 2. The van der Waals surface area contributed by atoms with Crippen molar-refractivity contribution in [3.8, 4) is 0 Å². The van der Waals surface area contributed by atoms with Gasteiger partial charge in [0.1, 0.15) is 0 Å². The molecule has 0 aromatic carbocycles.